The van der Waals surface area contributed by atoms with Crippen LogP contribution < -0.4 is 15.4 Å². The van der Waals surface area contributed by atoms with Crippen LogP contribution in [0.3, 0.4) is 0 Å². The Bertz CT molecular complexity index is 629. The number of carbonyl (C=O) groups excluding carboxylic acids is 1. The van der Waals surface area contributed by atoms with Crippen molar-refractivity contribution in [2.24, 2.45) is 0 Å². The molecular weight excluding hydrogens is 295 g/mol. The quantitative estimate of drug-likeness (QED) is 0.787. The largest absolute Gasteiger partial charge is 0.497 e. The molecule has 2 N–H and O–H groups in total. The maximum absolute atomic E-state index is 12.8. The van der Waals surface area contributed by atoms with E-state index < -0.39 is 0 Å². The summed E-state index contributed by atoms with van der Waals surface area (Å²) in [6.07, 6.45) is 1.08. The van der Waals surface area contributed by atoms with Gasteiger partial charge in [0.05, 0.1) is 7.11 Å². The van der Waals surface area contributed by atoms with Gasteiger partial charge in [-0.3, -0.25) is 4.79 Å². The highest BCUT2D eigenvalue weighted by Crippen LogP contribution is 2.16. The fourth-order valence-electron chi connectivity index (χ4n) is 2.14. The van der Waals surface area contributed by atoms with Gasteiger partial charge in [-0.15, -0.1) is 0 Å². The average molecular weight is 316 g/mol. The number of methoxy groups -OCH3 is 1. The molecule has 0 spiro atoms. The van der Waals surface area contributed by atoms with E-state index in [-0.39, 0.29) is 11.7 Å². The predicted octanol–water partition coefficient (Wildman–Crippen LogP) is 3.00. The van der Waals surface area contributed by atoms with Gasteiger partial charge in [-0.25, -0.2) is 4.39 Å². The SMILES string of the molecule is COc1cccc(NCCC(=O)NCCc2ccc(F)cc2)c1. The summed E-state index contributed by atoms with van der Waals surface area (Å²) in [4.78, 5) is 11.8. The van der Waals surface area contributed by atoms with Crippen LogP contribution in [0.5, 0.6) is 5.75 Å². The maximum Gasteiger partial charge on any atom is 0.221 e. The van der Waals surface area contributed by atoms with E-state index in [1.54, 1.807) is 19.2 Å². The minimum Gasteiger partial charge on any atom is -0.497 e. The van der Waals surface area contributed by atoms with E-state index in [9.17, 15) is 9.18 Å². The zero-order valence-electron chi connectivity index (χ0n) is 13.1. The molecule has 5 heteroatoms. The van der Waals surface area contributed by atoms with Crippen LogP contribution in [0.25, 0.3) is 0 Å². The van der Waals surface area contributed by atoms with Gasteiger partial charge in [0.1, 0.15) is 11.6 Å². The summed E-state index contributed by atoms with van der Waals surface area (Å²) < 4.78 is 17.9. The minimum absolute atomic E-state index is 0.0116. The highest BCUT2D eigenvalue weighted by atomic mass is 19.1. The number of hydrogen-bond acceptors (Lipinski definition) is 3. The fourth-order valence-corrected chi connectivity index (χ4v) is 2.14. The summed E-state index contributed by atoms with van der Waals surface area (Å²) in [6, 6.07) is 13.9. The Balaban J connectivity index is 1.64. The number of rotatable bonds is 8. The highest BCUT2D eigenvalue weighted by Gasteiger charge is 2.02. The molecule has 2 rings (SSSR count). The monoisotopic (exact) mass is 316 g/mol. The Morgan fingerprint density at radius 3 is 2.65 bits per heavy atom. The van der Waals surface area contributed by atoms with Crippen molar-refractivity contribution in [3.8, 4) is 5.75 Å². The van der Waals surface area contributed by atoms with Crippen molar-refractivity contribution in [3.05, 3.63) is 59.9 Å². The number of ether oxygens (including phenoxy) is 1. The minimum atomic E-state index is -0.249. The molecule has 0 saturated carbocycles. The molecular formula is C18H21FN2O2. The molecule has 4 nitrogen and oxygen atoms in total. The van der Waals surface area contributed by atoms with Crippen molar-refractivity contribution in [2.45, 2.75) is 12.8 Å². The summed E-state index contributed by atoms with van der Waals surface area (Å²) in [7, 11) is 1.62. The van der Waals surface area contributed by atoms with Gasteiger partial charge in [0.25, 0.3) is 0 Å². The van der Waals surface area contributed by atoms with E-state index in [2.05, 4.69) is 10.6 Å². The van der Waals surface area contributed by atoms with Crippen molar-refractivity contribution in [2.75, 3.05) is 25.5 Å². The number of nitrogens with one attached hydrogen (secondary N) is 2. The fraction of sp³-hybridized carbons (Fsp3) is 0.278. The third-order valence-electron chi connectivity index (χ3n) is 3.40. The number of halogens is 1. The van der Waals surface area contributed by atoms with E-state index in [1.807, 2.05) is 24.3 Å². The molecule has 0 aliphatic heterocycles. The van der Waals surface area contributed by atoms with Crippen LogP contribution in [0.4, 0.5) is 10.1 Å². The Kier molecular flexibility index (Phi) is 6.41. The summed E-state index contributed by atoms with van der Waals surface area (Å²) >= 11 is 0. The molecule has 0 radical (unpaired) electrons. The first-order valence-corrected chi connectivity index (χ1v) is 7.56. The third-order valence-corrected chi connectivity index (χ3v) is 3.40. The van der Waals surface area contributed by atoms with Crippen LogP contribution in [0.1, 0.15) is 12.0 Å². The molecule has 2 aromatic carbocycles. The second-order valence-corrected chi connectivity index (χ2v) is 5.14. The topological polar surface area (TPSA) is 50.4 Å². The number of hydrogen-bond donors (Lipinski definition) is 2. The van der Waals surface area contributed by atoms with Gasteiger partial charge in [-0.2, -0.15) is 0 Å². The summed E-state index contributed by atoms with van der Waals surface area (Å²) in [5.41, 5.74) is 1.92. The van der Waals surface area contributed by atoms with Crippen molar-refractivity contribution < 1.29 is 13.9 Å². The first-order chi connectivity index (χ1) is 11.2. The third kappa shape index (κ3) is 5.98. The van der Waals surface area contributed by atoms with Crippen LogP contribution in [0, 0.1) is 5.82 Å². The zero-order valence-corrected chi connectivity index (χ0v) is 13.1. The van der Waals surface area contributed by atoms with Gasteiger partial charge in [0.15, 0.2) is 0 Å². The molecule has 23 heavy (non-hydrogen) atoms. The molecule has 2 aromatic rings. The lowest BCUT2D eigenvalue weighted by Crippen LogP contribution is -2.27. The molecule has 0 aliphatic carbocycles. The molecule has 0 bridgehead atoms. The first kappa shape index (κ1) is 16.8. The number of carbonyl (C=O) groups is 1. The molecule has 0 unspecified atom stereocenters. The van der Waals surface area contributed by atoms with E-state index >= 15 is 0 Å². The molecule has 1 amide bonds. The van der Waals surface area contributed by atoms with Gasteiger partial charge in [0, 0.05) is 31.3 Å². The molecule has 0 aromatic heterocycles. The molecule has 0 aliphatic rings. The Morgan fingerprint density at radius 2 is 1.91 bits per heavy atom. The second-order valence-electron chi connectivity index (χ2n) is 5.14. The van der Waals surface area contributed by atoms with Gasteiger partial charge in [-0.05, 0) is 36.2 Å². The average Bonchev–Trinajstić information content (AvgIpc) is 2.57. The summed E-state index contributed by atoms with van der Waals surface area (Å²) in [5.74, 6) is 0.516. The Morgan fingerprint density at radius 1 is 1.13 bits per heavy atom. The molecule has 0 atom stereocenters. The standard InChI is InChI=1S/C18H21FN2O2/c1-23-17-4-2-3-16(13-17)20-12-10-18(22)21-11-9-14-5-7-15(19)8-6-14/h2-8,13,20H,9-12H2,1H3,(H,21,22). The van der Waals surface area contributed by atoms with Crippen LogP contribution in [-0.2, 0) is 11.2 Å². The van der Waals surface area contributed by atoms with Crippen LogP contribution in [-0.4, -0.2) is 26.1 Å². The van der Waals surface area contributed by atoms with Gasteiger partial charge in [0.2, 0.25) is 5.91 Å². The van der Waals surface area contributed by atoms with Crippen molar-refractivity contribution in [1.82, 2.24) is 5.32 Å². The second kappa shape index (κ2) is 8.78. The van der Waals surface area contributed by atoms with Crippen LogP contribution in [0.2, 0.25) is 0 Å². The first-order valence-electron chi connectivity index (χ1n) is 7.56. The Labute approximate surface area is 135 Å². The van der Waals surface area contributed by atoms with E-state index in [4.69, 9.17) is 4.74 Å². The molecule has 0 heterocycles. The predicted molar refractivity (Wildman–Crippen MR) is 89.2 cm³/mol. The van der Waals surface area contributed by atoms with E-state index in [0.29, 0.717) is 25.9 Å². The normalized spacial score (nSPS) is 10.2. The van der Waals surface area contributed by atoms with Crippen LogP contribution in [0.15, 0.2) is 48.5 Å². The molecule has 122 valence electrons. The van der Waals surface area contributed by atoms with Crippen molar-refractivity contribution in [3.63, 3.8) is 0 Å². The molecule has 0 saturated heterocycles. The maximum atomic E-state index is 12.8. The zero-order chi connectivity index (χ0) is 16.5. The summed E-state index contributed by atoms with van der Waals surface area (Å²) in [6.45, 7) is 1.10. The van der Waals surface area contributed by atoms with Crippen molar-refractivity contribution in [1.29, 1.82) is 0 Å². The number of anilines is 1. The van der Waals surface area contributed by atoms with Crippen LogP contribution >= 0.6 is 0 Å². The smallest absolute Gasteiger partial charge is 0.221 e. The lowest BCUT2D eigenvalue weighted by atomic mass is 10.1. The van der Waals surface area contributed by atoms with Crippen molar-refractivity contribution >= 4 is 11.6 Å². The lowest BCUT2D eigenvalue weighted by molar-refractivity contribution is -0.120. The van der Waals surface area contributed by atoms with Gasteiger partial charge < -0.3 is 15.4 Å². The molecule has 0 fully saturated rings. The summed E-state index contributed by atoms with van der Waals surface area (Å²) in [5, 5.41) is 6.04. The lowest BCUT2D eigenvalue weighted by Gasteiger charge is -2.09. The number of amides is 1. The van der Waals surface area contributed by atoms with E-state index in [0.717, 1.165) is 17.0 Å². The van der Waals surface area contributed by atoms with Gasteiger partial charge >= 0.3 is 0 Å². The highest BCUT2D eigenvalue weighted by molar-refractivity contribution is 5.76. The van der Waals surface area contributed by atoms with Gasteiger partial charge in [-0.1, -0.05) is 18.2 Å². The van der Waals surface area contributed by atoms with E-state index in [1.165, 1.54) is 12.1 Å². The Hall–Kier alpha value is -2.56. The number of benzene rings is 2.